The second kappa shape index (κ2) is 7.34. The number of nitriles is 1. The van der Waals surface area contributed by atoms with Gasteiger partial charge in [-0.05, 0) is 12.0 Å². The van der Waals surface area contributed by atoms with Gasteiger partial charge in [0.25, 0.3) is 5.69 Å². The van der Waals surface area contributed by atoms with Crippen LogP contribution in [0, 0.1) is 27.4 Å². The molecule has 1 aromatic rings. The van der Waals surface area contributed by atoms with Gasteiger partial charge in [-0.3, -0.25) is 10.1 Å². The monoisotopic (exact) mass is 264 g/mol. The molecule has 0 radical (unpaired) electrons. The van der Waals surface area contributed by atoms with Crippen LogP contribution in [0.2, 0.25) is 0 Å². The van der Waals surface area contributed by atoms with Crippen molar-refractivity contribution in [2.75, 3.05) is 19.8 Å². The van der Waals surface area contributed by atoms with E-state index >= 15 is 0 Å². The van der Waals surface area contributed by atoms with Crippen LogP contribution in [0.1, 0.15) is 19.4 Å². The normalized spacial score (nSPS) is 10.2. The quantitative estimate of drug-likeness (QED) is 0.429. The molecule has 0 atom stereocenters. The standard InChI is InChI=1S/C13H16N2O4/c1-10(2)9-18-5-6-19-12-3-4-13(15(16)17)11(7-12)8-14/h3-4,7,10H,5-6,9H2,1-2H3. The Morgan fingerprint density at radius 1 is 1.42 bits per heavy atom. The SMILES string of the molecule is CC(C)COCCOc1ccc([N+](=O)[O-])c(C#N)c1. The fourth-order valence-electron chi connectivity index (χ4n) is 1.39. The lowest BCUT2D eigenvalue weighted by atomic mass is 10.2. The van der Waals surface area contributed by atoms with Crippen molar-refractivity contribution in [1.29, 1.82) is 5.26 Å². The minimum Gasteiger partial charge on any atom is -0.491 e. The zero-order valence-corrected chi connectivity index (χ0v) is 11.0. The van der Waals surface area contributed by atoms with Gasteiger partial charge < -0.3 is 9.47 Å². The Morgan fingerprint density at radius 2 is 2.16 bits per heavy atom. The van der Waals surface area contributed by atoms with Gasteiger partial charge >= 0.3 is 0 Å². The summed E-state index contributed by atoms with van der Waals surface area (Å²) in [5, 5.41) is 19.5. The molecule has 0 saturated heterocycles. The molecule has 0 amide bonds. The first-order valence-corrected chi connectivity index (χ1v) is 5.93. The Labute approximate surface area is 111 Å². The van der Waals surface area contributed by atoms with Crippen molar-refractivity contribution in [2.45, 2.75) is 13.8 Å². The van der Waals surface area contributed by atoms with Crippen molar-refractivity contribution in [3.8, 4) is 11.8 Å². The van der Waals surface area contributed by atoms with Gasteiger partial charge in [-0.2, -0.15) is 5.26 Å². The van der Waals surface area contributed by atoms with Crippen molar-refractivity contribution in [3.63, 3.8) is 0 Å². The average molecular weight is 264 g/mol. The summed E-state index contributed by atoms with van der Waals surface area (Å²) in [6.07, 6.45) is 0. The topological polar surface area (TPSA) is 85.4 Å². The van der Waals surface area contributed by atoms with Gasteiger partial charge in [-0.25, -0.2) is 0 Å². The molecule has 102 valence electrons. The second-order valence-electron chi connectivity index (χ2n) is 4.37. The molecule has 0 N–H and O–H groups in total. The van der Waals surface area contributed by atoms with Crippen LogP contribution in [0.25, 0.3) is 0 Å². The summed E-state index contributed by atoms with van der Waals surface area (Å²) < 4.78 is 10.7. The number of hydrogen-bond donors (Lipinski definition) is 0. The number of hydrogen-bond acceptors (Lipinski definition) is 5. The number of nitro groups is 1. The number of benzene rings is 1. The highest BCUT2D eigenvalue weighted by atomic mass is 16.6. The predicted molar refractivity (Wildman–Crippen MR) is 69.0 cm³/mol. The minimum absolute atomic E-state index is 0.00870. The van der Waals surface area contributed by atoms with E-state index in [9.17, 15) is 10.1 Å². The van der Waals surface area contributed by atoms with Gasteiger partial charge in [0.1, 0.15) is 24.0 Å². The molecular weight excluding hydrogens is 248 g/mol. The molecule has 0 aliphatic carbocycles. The van der Waals surface area contributed by atoms with Gasteiger partial charge in [0.15, 0.2) is 0 Å². The van der Waals surface area contributed by atoms with Gasteiger partial charge in [-0.1, -0.05) is 13.8 Å². The van der Waals surface area contributed by atoms with Gasteiger partial charge in [-0.15, -0.1) is 0 Å². The van der Waals surface area contributed by atoms with Crippen molar-refractivity contribution in [2.24, 2.45) is 5.92 Å². The first-order valence-electron chi connectivity index (χ1n) is 5.93. The average Bonchev–Trinajstić information content (AvgIpc) is 2.37. The molecule has 0 bridgehead atoms. The van der Waals surface area contributed by atoms with E-state index in [0.717, 1.165) is 0 Å². The highest BCUT2D eigenvalue weighted by Gasteiger charge is 2.14. The summed E-state index contributed by atoms with van der Waals surface area (Å²) in [6, 6.07) is 5.88. The summed E-state index contributed by atoms with van der Waals surface area (Å²) in [7, 11) is 0. The maximum Gasteiger partial charge on any atom is 0.287 e. The smallest absolute Gasteiger partial charge is 0.287 e. The molecule has 1 aromatic carbocycles. The van der Waals surface area contributed by atoms with Crippen LogP contribution in [-0.4, -0.2) is 24.7 Å². The van der Waals surface area contributed by atoms with E-state index in [0.29, 0.717) is 31.5 Å². The number of nitrogens with zero attached hydrogens (tertiary/aromatic N) is 2. The Hall–Kier alpha value is -2.13. The van der Waals surface area contributed by atoms with Crippen LogP contribution in [-0.2, 0) is 4.74 Å². The fourth-order valence-corrected chi connectivity index (χ4v) is 1.39. The lowest BCUT2D eigenvalue weighted by Gasteiger charge is -2.08. The zero-order chi connectivity index (χ0) is 14.3. The Morgan fingerprint density at radius 3 is 2.74 bits per heavy atom. The van der Waals surface area contributed by atoms with Gasteiger partial charge in [0, 0.05) is 18.7 Å². The summed E-state index contributed by atoms with van der Waals surface area (Å²) in [4.78, 5) is 10.1. The lowest BCUT2D eigenvalue weighted by Crippen LogP contribution is -2.10. The Bertz CT molecular complexity index is 480. The van der Waals surface area contributed by atoms with Crippen LogP contribution >= 0.6 is 0 Å². The van der Waals surface area contributed by atoms with Crippen LogP contribution in [0.4, 0.5) is 5.69 Å². The summed E-state index contributed by atoms with van der Waals surface area (Å²) in [5.74, 6) is 0.889. The minimum atomic E-state index is -0.589. The molecule has 1 rings (SSSR count). The maximum atomic E-state index is 10.6. The summed E-state index contributed by atoms with van der Waals surface area (Å²) in [5.41, 5.74) is -0.225. The number of ether oxygens (including phenoxy) is 2. The Kier molecular flexibility index (Phi) is 5.76. The van der Waals surface area contributed by atoms with E-state index in [1.807, 2.05) is 0 Å². The second-order valence-corrected chi connectivity index (χ2v) is 4.37. The van der Waals surface area contributed by atoms with E-state index in [2.05, 4.69) is 13.8 Å². The third-order valence-electron chi connectivity index (χ3n) is 2.23. The fraction of sp³-hybridized carbons (Fsp3) is 0.462. The van der Waals surface area contributed by atoms with Gasteiger partial charge in [0.2, 0.25) is 0 Å². The molecule has 0 aromatic heterocycles. The lowest BCUT2D eigenvalue weighted by molar-refractivity contribution is -0.385. The van der Waals surface area contributed by atoms with Crippen molar-refractivity contribution in [3.05, 3.63) is 33.9 Å². The molecule has 0 saturated carbocycles. The molecule has 0 aliphatic heterocycles. The first kappa shape index (κ1) is 14.9. The van der Waals surface area contributed by atoms with E-state index in [-0.39, 0.29) is 11.3 Å². The van der Waals surface area contributed by atoms with Crippen molar-refractivity contribution >= 4 is 5.69 Å². The van der Waals surface area contributed by atoms with Gasteiger partial charge in [0.05, 0.1) is 11.5 Å². The van der Waals surface area contributed by atoms with E-state index in [4.69, 9.17) is 14.7 Å². The van der Waals surface area contributed by atoms with E-state index < -0.39 is 4.92 Å². The summed E-state index contributed by atoms with van der Waals surface area (Å²) >= 11 is 0. The third kappa shape index (κ3) is 4.94. The Balaban J connectivity index is 2.52. The molecule has 0 aliphatic rings. The molecule has 0 spiro atoms. The van der Waals surface area contributed by atoms with E-state index in [1.54, 1.807) is 6.07 Å². The number of nitro benzene ring substituents is 1. The largest absolute Gasteiger partial charge is 0.491 e. The zero-order valence-electron chi connectivity index (χ0n) is 11.0. The number of rotatable bonds is 7. The molecule has 0 fully saturated rings. The maximum absolute atomic E-state index is 10.6. The molecule has 0 unspecified atom stereocenters. The van der Waals surface area contributed by atoms with Crippen molar-refractivity contribution in [1.82, 2.24) is 0 Å². The van der Waals surface area contributed by atoms with Crippen LogP contribution in [0.3, 0.4) is 0 Å². The molecule has 6 nitrogen and oxygen atoms in total. The summed E-state index contributed by atoms with van der Waals surface area (Å²) in [6.45, 7) is 5.55. The first-order chi connectivity index (χ1) is 9.04. The van der Waals surface area contributed by atoms with Crippen LogP contribution < -0.4 is 4.74 Å². The van der Waals surface area contributed by atoms with Crippen LogP contribution in [0.15, 0.2) is 18.2 Å². The van der Waals surface area contributed by atoms with E-state index in [1.165, 1.54) is 18.2 Å². The highest BCUT2D eigenvalue weighted by molar-refractivity contribution is 5.52. The predicted octanol–water partition coefficient (Wildman–Crippen LogP) is 2.52. The highest BCUT2D eigenvalue weighted by Crippen LogP contribution is 2.23. The molecule has 0 heterocycles. The van der Waals surface area contributed by atoms with Crippen molar-refractivity contribution < 1.29 is 14.4 Å². The molecule has 19 heavy (non-hydrogen) atoms. The molecule has 6 heteroatoms. The third-order valence-corrected chi connectivity index (χ3v) is 2.23. The van der Waals surface area contributed by atoms with Crippen LogP contribution in [0.5, 0.6) is 5.75 Å². The molecular formula is C13H16N2O4.